The lowest BCUT2D eigenvalue weighted by Gasteiger charge is -2.30. The summed E-state index contributed by atoms with van der Waals surface area (Å²) in [5, 5.41) is 3.66. The van der Waals surface area contributed by atoms with Gasteiger partial charge in [-0.2, -0.15) is 0 Å². The molecule has 1 aromatic carbocycles. The van der Waals surface area contributed by atoms with E-state index in [0.717, 1.165) is 24.0 Å². The summed E-state index contributed by atoms with van der Waals surface area (Å²) < 4.78 is 10.6. The van der Waals surface area contributed by atoms with Crippen LogP contribution in [0.5, 0.6) is 11.5 Å². The van der Waals surface area contributed by atoms with Crippen molar-refractivity contribution in [2.45, 2.75) is 44.7 Å². The highest BCUT2D eigenvalue weighted by molar-refractivity contribution is 5.43. The van der Waals surface area contributed by atoms with Crippen molar-refractivity contribution in [3.63, 3.8) is 0 Å². The minimum Gasteiger partial charge on any atom is -0.493 e. The van der Waals surface area contributed by atoms with Crippen LogP contribution >= 0.6 is 0 Å². The zero-order valence-electron chi connectivity index (χ0n) is 11.5. The average molecular weight is 249 g/mol. The highest BCUT2D eigenvalue weighted by Crippen LogP contribution is 2.28. The summed E-state index contributed by atoms with van der Waals surface area (Å²) in [4.78, 5) is 0. The second-order valence-electron chi connectivity index (χ2n) is 5.09. The molecule has 0 saturated heterocycles. The number of hydrogen-bond acceptors (Lipinski definition) is 3. The van der Waals surface area contributed by atoms with E-state index in [0.29, 0.717) is 6.04 Å². The largest absolute Gasteiger partial charge is 0.493 e. The van der Waals surface area contributed by atoms with Gasteiger partial charge in [-0.15, -0.1) is 0 Å². The fraction of sp³-hybridized carbons (Fsp3) is 0.600. The van der Waals surface area contributed by atoms with Crippen LogP contribution in [0.15, 0.2) is 18.2 Å². The molecule has 1 atom stereocenters. The Morgan fingerprint density at radius 2 is 1.94 bits per heavy atom. The molecule has 1 unspecified atom stereocenters. The summed E-state index contributed by atoms with van der Waals surface area (Å²) in [5.74, 6) is 1.60. The van der Waals surface area contributed by atoms with Crippen molar-refractivity contribution < 1.29 is 9.47 Å². The monoisotopic (exact) mass is 249 g/mol. The first-order valence-corrected chi connectivity index (χ1v) is 6.70. The maximum Gasteiger partial charge on any atom is 0.160 e. The van der Waals surface area contributed by atoms with Gasteiger partial charge in [0.2, 0.25) is 0 Å². The number of methoxy groups -OCH3 is 2. The van der Waals surface area contributed by atoms with Gasteiger partial charge in [0, 0.05) is 12.1 Å². The summed E-state index contributed by atoms with van der Waals surface area (Å²) >= 11 is 0. The van der Waals surface area contributed by atoms with Gasteiger partial charge in [-0.1, -0.05) is 12.5 Å². The van der Waals surface area contributed by atoms with Gasteiger partial charge < -0.3 is 14.8 Å². The number of ether oxygens (including phenoxy) is 2. The molecule has 0 aromatic heterocycles. The molecule has 0 amide bonds. The van der Waals surface area contributed by atoms with Gasteiger partial charge >= 0.3 is 0 Å². The smallest absolute Gasteiger partial charge is 0.160 e. The minimum atomic E-state index is 0.508. The Bertz CT molecular complexity index is 388. The summed E-state index contributed by atoms with van der Waals surface area (Å²) in [5.41, 5.74) is 1.28. The summed E-state index contributed by atoms with van der Waals surface area (Å²) in [7, 11) is 3.34. The standard InChI is InChI=1S/C15H23NO2/c1-11(16-13-5-4-6-13)9-12-7-8-14(17-2)15(10-12)18-3/h7-8,10-11,13,16H,4-6,9H2,1-3H3. The van der Waals surface area contributed by atoms with Crippen LogP contribution < -0.4 is 14.8 Å². The van der Waals surface area contributed by atoms with Gasteiger partial charge in [-0.25, -0.2) is 0 Å². The zero-order chi connectivity index (χ0) is 13.0. The van der Waals surface area contributed by atoms with Crippen LogP contribution in [0, 0.1) is 0 Å². The van der Waals surface area contributed by atoms with Crippen molar-refractivity contribution >= 4 is 0 Å². The Morgan fingerprint density at radius 3 is 2.50 bits per heavy atom. The van der Waals surface area contributed by atoms with Crippen LogP contribution in [0.25, 0.3) is 0 Å². The Morgan fingerprint density at radius 1 is 1.22 bits per heavy atom. The first kappa shape index (κ1) is 13.2. The topological polar surface area (TPSA) is 30.5 Å². The van der Waals surface area contributed by atoms with Crippen LogP contribution in [-0.4, -0.2) is 26.3 Å². The number of rotatable bonds is 6. The van der Waals surface area contributed by atoms with E-state index in [4.69, 9.17) is 9.47 Å². The van der Waals surface area contributed by atoms with E-state index in [2.05, 4.69) is 24.4 Å². The third-order valence-corrected chi connectivity index (χ3v) is 3.62. The molecule has 1 aliphatic rings. The predicted molar refractivity (Wildman–Crippen MR) is 73.5 cm³/mol. The van der Waals surface area contributed by atoms with Crippen molar-refractivity contribution in [2.75, 3.05) is 14.2 Å². The van der Waals surface area contributed by atoms with Gasteiger partial charge in [-0.3, -0.25) is 0 Å². The van der Waals surface area contributed by atoms with Gasteiger partial charge in [0.15, 0.2) is 11.5 Å². The first-order valence-electron chi connectivity index (χ1n) is 6.70. The van der Waals surface area contributed by atoms with E-state index in [1.165, 1.54) is 24.8 Å². The predicted octanol–water partition coefficient (Wildman–Crippen LogP) is 2.78. The molecule has 3 nitrogen and oxygen atoms in total. The fourth-order valence-electron chi connectivity index (χ4n) is 2.40. The maximum absolute atomic E-state index is 5.33. The highest BCUT2D eigenvalue weighted by atomic mass is 16.5. The van der Waals surface area contributed by atoms with Crippen LogP contribution in [0.3, 0.4) is 0 Å². The van der Waals surface area contributed by atoms with Crippen LogP contribution in [0.4, 0.5) is 0 Å². The third-order valence-electron chi connectivity index (χ3n) is 3.62. The van der Waals surface area contributed by atoms with Crippen molar-refractivity contribution in [2.24, 2.45) is 0 Å². The quantitative estimate of drug-likeness (QED) is 0.841. The molecule has 3 heteroatoms. The summed E-state index contributed by atoms with van der Waals surface area (Å²) in [6, 6.07) is 7.40. The second kappa shape index (κ2) is 6.10. The van der Waals surface area contributed by atoms with E-state index in [1.54, 1.807) is 14.2 Å². The Balaban J connectivity index is 1.95. The lowest BCUT2D eigenvalue weighted by Crippen LogP contribution is -2.41. The summed E-state index contributed by atoms with van der Waals surface area (Å²) in [6.07, 6.45) is 5.06. The van der Waals surface area contributed by atoms with E-state index >= 15 is 0 Å². The molecule has 100 valence electrons. The van der Waals surface area contributed by atoms with Crippen LogP contribution in [0.2, 0.25) is 0 Å². The number of nitrogens with one attached hydrogen (secondary N) is 1. The van der Waals surface area contributed by atoms with E-state index in [1.807, 2.05) is 6.07 Å². The lowest BCUT2D eigenvalue weighted by molar-refractivity contribution is 0.309. The van der Waals surface area contributed by atoms with E-state index < -0.39 is 0 Å². The number of hydrogen-bond donors (Lipinski definition) is 1. The molecule has 18 heavy (non-hydrogen) atoms. The Hall–Kier alpha value is -1.22. The lowest BCUT2D eigenvalue weighted by atomic mass is 9.92. The molecule has 1 fully saturated rings. The molecule has 0 spiro atoms. The Labute approximate surface area is 109 Å². The Kier molecular flexibility index (Phi) is 4.48. The molecule has 0 bridgehead atoms. The third kappa shape index (κ3) is 3.16. The normalized spacial score (nSPS) is 17.1. The van der Waals surface area contributed by atoms with Gasteiger partial charge in [0.25, 0.3) is 0 Å². The van der Waals surface area contributed by atoms with Crippen molar-refractivity contribution in [3.05, 3.63) is 23.8 Å². The number of benzene rings is 1. The van der Waals surface area contributed by atoms with Gasteiger partial charge in [0.1, 0.15) is 0 Å². The molecule has 1 aliphatic carbocycles. The molecular formula is C15H23NO2. The first-order chi connectivity index (χ1) is 8.72. The van der Waals surface area contributed by atoms with Crippen molar-refractivity contribution in [1.82, 2.24) is 5.32 Å². The van der Waals surface area contributed by atoms with Crippen LogP contribution in [0.1, 0.15) is 31.7 Å². The van der Waals surface area contributed by atoms with Gasteiger partial charge in [0.05, 0.1) is 14.2 Å². The molecule has 2 rings (SSSR count). The fourth-order valence-corrected chi connectivity index (χ4v) is 2.40. The van der Waals surface area contributed by atoms with E-state index in [9.17, 15) is 0 Å². The molecule has 0 heterocycles. The zero-order valence-corrected chi connectivity index (χ0v) is 11.5. The molecule has 1 saturated carbocycles. The molecule has 0 aliphatic heterocycles. The summed E-state index contributed by atoms with van der Waals surface area (Å²) in [6.45, 7) is 2.25. The second-order valence-corrected chi connectivity index (χ2v) is 5.09. The average Bonchev–Trinajstić information content (AvgIpc) is 2.33. The molecule has 1 aromatic rings. The molecular weight excluding hydrogens is 226 g/mol. The highest BCUT2D eigenvalue weighted by Gasteiger charge is 2.19. The molecule has 1 N–H and O–H groups in total. The van der Waals surface area contributed by atoms with E-state index in [-0.39, 0.29) is 0 Å². The van der Waals surface area contributed by atoms with Crippen molar-refractivity contribution in [3.8, 4) is 11.5 Å². The van der Waals surface area contributed by atoms with Crippen LogP contribution in [-0.2, 0) is 6.42 Å². The maximum atomic E-state index is 5.33. The SMILES string of the molecule is COc1ccc(CC(C)NC2CCC2)cc1OC. The van der Waals surface area contributed by atoms with Gasteiger partial charge in [-0.05, 0) is 43.9 Å². The molecule has 0 radical (unpaired) electrons. The minimum absolute atomic E-state index is 0.508. The van der Waals surface area contributed by atoms with Crippen molar-refractivity contribution in [1.29, 1.82) is 0 Å².